The summed E-state index contributed by atoms with van der Waals surface area (Å²) in [5.41, 5.74) is 5.65. The Morgan fingerprint density at radius 3 is 2.33 bits per heavy atom. The Kier molecular flexibility index (Phi) is 8.37. The lowest BCUT2D eigenvalue weighted by Crippen LogP contribution is -2.39. The van der Waals surface area contributed by atoms with Crippen LogP contribution < -0.4 is 11.1 Å². The number of carbonyl (C=O) groups excluding carboxylic acids is 1. The third-order valence-corrected chi connectivity index (χ3v) is 3.40. The second-order valence-electron chi connectivity index (χ2n) is 4.93. The molecule has 0 saturated carbocycles. The Hall–Kier alpha value is -1.10. The number of carboxylic acid groups (broad SMARTS) is 1. The molecule has 0 heterocycles. The molecule has 3 atom stereocenters. The van der Waals surface area contributed by atoms with Crippen LogP contribution in [0.3, 0.4) is 0 Å². The van der Waals surface area contributed by atoms with E-state index in [-0.39, 0.29) is 24.3 Å². The fourth-order valence-corrected chi connectivity index (χ4v) is 1.68. The quantitative estimate of drug-likeness (QED) is 0.582. The minimum atomic E-state index is -0.761. The molecular weight excluding hydrogens is 232 g/mol. The number of amides is 1. The average Bonchev–Trinajstić information content (AvgIpc) is 2.31. The van der Waals surface area contributed by atoms with Gasteiger partial charge in [-0.15, -0.1) is 0 Å². The van der Waals surface area contributed by atoms with Gasteiger partial charge in [-0.1, -0.05) is 20.3 Å². The molecule has 0 rings (SSSR count). The van der Waals surface area contributed by atoms with Gasteiger partial charge in [0, 0.05) is 24.9 Å². The van der Waals surface area contributed by atoms with Crippen LogP contribution in [0.5, 0.6) is 0 Å². The Bertz CT molecular complexity index is 267. The summed E-state index contributed by atoms with van der Waals surface area (Å²) in [5.74, 6) is -0.628. The van der Waals surface area contributed by atoms with Gasteiger partial charge in [0.25, 0.3) is 0 Å². The lowest BCUT2D eigenvalue weighted by Gasteiger charge is -2.17. The molecule has 0 aliphatic rings. The number of aliphatic carboxylic acids is 1. The monoisotopic (exact) mass is 258 g/mol. The van der Waals surface area contributed by atoms with Crippen molar-refractivity contribution in [3.8, 4) is 0 Å². The number of rotatable bonds is 9. The van der Waals surface area contributed by atoms with Crippen molar-refractivity contribution in [3.05, 3.63) is 0 Å². The highest BCUT2D eigenvalue weighted by atomic mass is 16.4. The van der Waals surface area contributed by atoms with Crippen LogP contribution in [0, 0.1) is 11.8 Å². The van der Waals surface area contributed by atoms with Crippen molar-refractivity contribution >= 4 is 11.9 Å². The first kappa shape index (κ1) is 16.9. The van der Waals surface area contributed by atoms with E-state index in [1.165, 1.54) is 0 Å². The summed E-state index contributed by atoms with van der Waals surface area (Å²) in [5, 5.41) is 11.5. The summed E-state index contributed by atoms with van der Waals surface area (Å²) in [6.07, 6.45) is 2.63. The summed E-state index contributed by atoms with van der Waals surface area (Å²) < 4.78 is 0. The maximum atomic E-state index is 11.6. The largest absolute Gasteiger partial charge is 0.481 e. The summed E-state index contributed by atoms with van der Waals surface area (Å²) in [4.78, 5) is 22.1. The van der Waals surface area contributed by atoms with E-state index in [0.29, 0.717) is 18.9 Å². The van der Waals surface area contributed by atoms with Gasteiger partial charge in [0.2, 0.25) is 5.91 Å². The molecule has 0 bridgehead atoms. The van der Waals surface area contributed by atoms with E-state index >= 15 is 0 Å². The smallest absolute Gasteiger partial charge is 0.303 e. The fraction of sp³-hybridized carbons (Fsp3) is 0.846. The highest BCUT2D eigenvalue weighted by Gasteiger charge is 2.17. The lowest BCUT2D eigenvalue weighted by atomic mass is 9.96. The molecule has 18 heavy (non-hydrogen) atoms. The molecule has 0 aromatic heterocycles. The lowest BCUT2D eigenvalue weighted by molar-refractivity contribution is -0.137. The van der Waals surface area contributed by atoms with E-state index in [1.54, 1.807) is 0 Å². The van der Waals surface area contributed by atoms with E-state index in [2.05, 4.69) is 5.32 Å². The van der Waals surface area contributed by atoms with E-state index in [0.717, 1.165) is 12.8 Å². The third-order valence-electron chi connectivity index (χ3n) is 3.40. The van der Waals surface area contributed by atoms with Crippen LogP contribution in [0.1, 0.15) is 46.5 Å². The first-order valence-electron chi connectivity index (χ1n) is 6.63. The molecule has 5 nitrogen and oxygen atoms in total. The minimum Gasteiger partial charge on any atom is -0.481 e. The van der Waals surface area contributed by atoms with Crippen molar-refractivity contribution in [1.29, 1.82) is 0 Å². The molecule has 0 aromatic rings. The van der Waals surface area contributed by atoms with Crippen LogP contribution in [0.4, 0.5) is 0 Å². The van der Waals surface area contributed by atoms with E-state index in [1.807, 2.05) is 20.8 Å². The number of nitrogens with one attached hydrogen (secondary N) is 1. The number of hydrogen-bond donors (Lipinski definition) is 3. The van der Waals surface area contributed by atoms with Crippen molar-refractivity contribution in [3.63, 3.8) is 0 Å². The molecule has 0 aliphatic heterocycles. The summed E-state index contributed by atoms with van der Waals surface area (Å²) >= 11 is 0. The fourth-order valence-electron chi connectivity index (χ4n) is 1.68. The predicted molar refractivity (Wildman–Crippen MR) is 71.1 cm³/mol. The van der Waals surface area contributed by atoms with Gasteiger partial charge in [0.1, 0.15) is 0 Å². The predicted octanol–water partition coefficient (Wildman–Crippen LogP) is 1.37. The van der Waals surface area contributed by atoms with Gasteiger partial charge < -0.3 is 16.2 Å². The van der Waals surface area contributed by atoms with Gasteiger partial charge >= 0.3 is 5.97 Å². The zero-order valence-electron chi connectivity index (χ0n) is 11.6. The normalized spacial score (nSPS) is 15.8. The standard InChI is InChI=1S/C13H26N2O3/c1-4-11(5-6-12(16)17)7-8-15-13(18)9(2)10(3)14/h9-11H,4-8,14H2,1-3H3,(H,15,18)(H,16,17). The Morgan fingerprint density at radius 1 is 1.28 bits per heavy atom. The number of hydrogen-bond acceptors (Lipinski definition) is 3. The van der Waals surface area contributed by atoms with Crippen molar-refractivity contribution in [2.24, 2.45) is 17.6 Å². The first-order valence-corrected chi connectivity index (χ1v) is 6.63. The highest BCUT2D eigenvalue weighted by Crippen LogP contribution is 2.14. The Labute approximate surface area is 109 Å². The maximum absolute atomic E-state index is 11.6. The molecule has 0 spiro atoms. The zero-order chi connectivity index (χ0) is 14.1. The number of carboxylic acids is 1. The summed E-state index contributed by atoms with van der Waals surface area (Å²) in [6.45, 7) is 6.25. The molecule has 3 unspecified atom stereocenters. The molecule has 1 amide bonds. The van der Waals surface area contributed by atoms with Crippen molar-refractivity contribution in [2.45, 2.75) is 52.5 Å². The van der Waals surface area contributed by atoms with Crippen molar-refractivity contribution in [2.75, 3.05) is 6.54 Å². The van der Waals surface area contributed by atoms with Gasteiger partial charge in [-0.3, -0.25) is 9.59 Å². The second-order valence-corrected chi connectivity index (χ2v) is 4.93. The molecule has 5 heteroatoms. The van der Waals surface area contributed by atoms with Gasteiger partial charge in [0.05, 0.1) is 0 Å². The Morgan fingerprint density at radius 2 is 1.89 bits per heavy atom. The van der Waals surface area contributed by atoms with E-state index in [4.69, 9.17) is 10.8 Å². The molecule has 0 aromatic carbocycles. The maximum Gasteiger partial charge on any atom is 0.303 e. The molecule has 0 saturated heterocycles. The van der Waals surface area contributed by atoms with Crippen molar-refractivity contribution < 1.29 is 14.7 Å². The topological polar surface area (TPSA) is 92.4 Å². The number of carbonyl (C=O) groups is 2. The van der Waals surface area contributed by atoms with Gasteiger partial charge in [-0.25, -0.2) is 0 Å². The van der Waals surface area contributed by atoms with Crippen LogP contribution in [-0.2, 0) is 9.59 Å². The highest BCUT2D eigenvalue weighted by molar-refractivity contribution is 5.78. The zero-order valence-corrected chi connectivity index (χ0v) is 11.6. The van der Waals surface area contributed by atoms with E-state index < -0.39 is 5.97 Å². The molecule has 0 aliphatic carbocycles. The Balaban J connectivity index is 3.86. The molecular formula is C13H26N2O3. The minimum absolute atomic E-state index is 0.0295. The van der Waals surface area contributed by atoms with Gasteiger partial charge in [0.15, 0.2) is 0 Å². The summed E-state index contributed by atoms with van der Waals surface area (Å²) in [7, 11) is 0. The molecule has 0 fully saturated rings. The van der Waals surface area contributed by atoms with Crippen LogP contribution in [-0.4, -0.2) is 29.6 Å². The van der Waals surface area contributed by atoms with Gasteiger partial charge in [-0.05, 0) is 25.7 Å². The third kappa shape index (κ3) is 7.27. The van der Waals surface area contributed by atoms with Crippen LogP contribution in [0.2, 0.25) is 0 Å². The first-order chi connectivity index (χ1) is 8.38. The summed E-state index contributed by atoms with van der Waals surface area (Å²) in [6, 6.07) is -0.154. The van der Waals surface area contributed by atoms with Crippen LogP contribution in [0.15, 0.2) is 0 Å². The van der Waals surface area contributed by atoms with Crippen LogP contribution in [0.25, 0.3) is 0 Å². The van der Waals surface area contributed by atoms with Crippen molar-refractivity contribution in [1.82, 2.24) is 5.32 Å². The average molecular weight is 258 g/mol. The molecule has 106 valence electrons. The molecule has 0 radical (unpaired) electrons. The van der Waals surface area contributed by atoms with Crippen LogP contribution >= 0.6 is 0 Å². The second kappa shape index (κ2) is 8.91. The van der Waals surface area contributed by atoms with Gasteiger partial charge in [-0.2, -0.15) is 0 Å². The molecule has 4 N–H and O–H groups in total. The number of nitrogens with two attached hydrogens (primary N) is 1. The van der Waals surface area contributed by atoms with E-state index in [9.17, 15) is 9.59 Å². The SMILES string of the molecule is CCC(CCNC(=O)C(C)C(C)N)CCC(=O)O.